The average molecular weight is 295 g/mol. The van der Waals surface area contributed by atoms with Gasteiger partial charge in [-0.25, -0.2) is 0 Å². The van der Waals surface area contributed by atoms with Crippen molar-refractivity contribution in [1.29, 1.82) is 0 Å². The van der Waals surface area contributed by atoms with Gasteiger partial charge < -0.3 is 5.11 Å². The zero-order valence-electron chi connectivity index (χ0n) is 14.1. The molecule has 3 heteroatoms. The van der Waals surface area contributed by atoms with Crippen molar-refractivity contribution >= 4 is 5.97 Å². The highest BCUT2D eigenvalue weighted by atomic mass is 16.4. The van der Waals surface area contributed by atoms with Crippen LogP contribution in [-0.4, -0.2) is 35.1 Å². The Morgan fingerprint density at radius 3 is 2.29 bits per heavy atom. The Hall–Kier alpha value is -0.570. The molecule has 1 atom stereocenters. The van der Waals surface area contributed by atoms with E-state index in [9.17, 15) is 9.90 Å². The van der Waals surface area contributed by atoms with Crippen LogP contribution in [0.5, 0.6) is 0 Å². The molecule has 1 aliphatic carbocycles. The van der Waals surface area contributed by atoms with Crippen molar-refractivity contribution in [2.75, 3.05) is 13.1 Å². The zero-order chi connectivity index (χ0) is 15.5. The Morgan fingerprint density at radius 2 is 1.71 bits per heavy atom. The average Bonchev–Trinajstić information content (AvgIpc) is 2.64. The van der Waals surface area contributed by atoms with Crippen LogP contribution >= 0.6 is 0 Å². The smallest absolute Gasteiger partial charge is 0.320 e. The van der Waals surface area contributed by atoms with Crippen LogP contribution in [0.1, 0.15) is 72.1 Å². The first-order valence-electron chi connectivity index (χ1n) is 8.85. The van der Waals surface area contributed by atoms with Crippen LogP contribution in [0.3, 0.4) is 0 Å². The summed E-state index contributed by atoms with van der Waals surface area (Å²) in [6, 6.07) is -0.229. The summed E-state index contributed by atoms with van der Waals surface area (Å²) in [6.45, 7) is 9.05. The molecule has 0 bridgehead atoms. The predicted octanol–water partition coefficient (Wildman–Crippen LogP) is 4.17. The van der Waals surface area contributed by atoms with E-state index in [1.54, 1.807) is 0 Å². The standard InChI is InChI=1S/C18H33NO2/c1-18(2,3)15-10-8-14(9-11-15)13-19-12-6-4-5-7-16(19)17(20)21/h14-16H,4-13H2,1-3H3,(H,20,21). The van der Waals surface area contributed by atoms with Gasteiger partial charge in [0.2, 0.25) is 0 Å². The Kier molecular flexibility index (Phi) is 5.70. The largest absolute Gasteiger partial charge is 0.480 e. The molecule has 2 rings (SSSR count). The van der Waals surface area contributed by atoms with Crippen LogP contribution in [0.15, 0.2) is 0 Å². The molecule has 2 fully saturated rings. The monoisotopic (exact) mass is 295 g/mol. The summed E-state index contributed by atoms with van der Waals surface area (Å²) >= 11 is 0. The molecule has 1 aliphatic heterocycles. The van der Waals surface area contributed by atoms with Gasteiger partial charge in [-0.15, -0.1) is 0 Å². The number of aliphatic carboxylic acids is 1. The van der Waals surface area contributed by atoms with Crippen LogP contribution in [0.2, 0.25) is 0 Å². The van der Waals surface area contributed by atoms with Gasteiger partial charge in [0.15, 0.2) is 0 Å². The number of nitrogens with zero attached hydrogens (tertiary/aromatic N) is 1. The summed E-state index contributed by atoms with van der Waals surface area (Å²) in [5, 5.41) is 9.47. The first kappa shape index (κ1) is 16.8. The van der Waals surface area contributed by atoms with E-state index in [1.807, 2.05) is 0 Å². The van der Waals surface area contributed by atoms with E-state index >= 15 is 0 Å². The fourth-order valence-electron chi connectivity index (χ4n) is 4.21. The summed E-state index contributed by atoms with van der Waals surface area (Å²) in [4.78, 5) is 13.8. The molecule has 1 unspecified atom stereocenters. The van der Waals surface area contributed by atoms with Crippen molar-refractivity contribution in [2.24, 2.45) is 17.3 Å². The molecule has 2 aliphatic rings. The number of hydrogen-bond donors (Lipinski definition) is 1. The summed E-state index contributed by atoms with van der Waals surface area (Å²) in [7, 11) is 0. The van der Waals surface area contributed by atoms with E-state index in [2.05, 4.69) is 25.7 Å². The summed E-state index contributed by atoms with van der Waals surface area (Å²) in [5.74, 6) is 0.942. The zero-order valence-corrected chi connectivity index (χ0v) is 14.1. The molecule has 21 heavy (non-hydrogen) atoms. The predicted molar refractivity (Wildman–Crippen MR) is 86.4 cm³/mol. The van der Waals surface area contributed by atoms with E-state index in [0.29, 0.717) is 11.3 Å². The number of rotatable bonds is 3. The van der Waals surface area contributed by atoms with Crippen LogP contribution in [-0.2, 0) is 4.79 Å². The molecule has 0 aromatic heterocycles. The Labute approximate surface area is 130 Å². The molecule has 3 nitrogen and oxygen atoms in total. The van der Waals surface area contributed by atoms with Gasteiger partial charge in [-0.3, -0.25) is 9.69 Å². The van der Waals surface area contributed by atoms with Crippen molar-refractivity contribution in [1.82, 2.24) is 4.90 Å². The molecule has 1 saturated carbocycles. The minimum atomic E-state index is -0.611. The molecular weight excluding hydrogens is 262 g/mol. The minimum Gasteiger partial charge on any atom is -0.480 e. The molecular formula is C18H33NO2. The highest BCUT2D eigenvalue weighted by molar-refractivity contribution is 5.73. The summed E-state index contributed by atoms with van der Waals surface area (Å²) in [5.41, 5.74) is 0.428. The van der Waals surface area contributed by atoms with Crippen LogP contribution in [0.4, 0.5) is 0 Å². The van der Waals surface area contributed by atoms with Gasteiger partial charge in [0.1, 0.15) is 6.04 Å². The van der Waals surface area contributed by atoms with Crippen LogP contribution < -0.4 is 0 Å². The van der Waals surface area contributed by atoms with Crippen LogP contribution in [0.25, 0.3) is 0 Å². The maximum Gasteiger partial charge on any atom is 0.320 e. The fourth-order valence-corrected chi connectivity index (χ4v) is 4.21. The Balaban J connectivity index is 1.87. The van der Waals surface area contributed by atoms with Crippen molar-refractivity contribution in [3.8, 4) is 0 Å². The third kappa shape index (κ3) is 4.70. The maximum absolute atomic E-state index is 11.5. The van der Waals surface area contributed by atoms with Gasteiger partial charge in [0.05, 0.1) is 0 Å². The van der Waals surface area contributed by atoms with Crippen LogP contribution in [0, 0.1) is 17.3 Å². The Morgan fingerprint density at radius 1 is 1.05 bits per heavy atom. The molecule has 1 saturated heterocycles. The first-order valence-corrected chi connectivity index (χ1v) is 8.85. The number of carbonyl (C=O) groups is 1. The van der Waals surface area contributed by atoms with E-state index in [0.717, 1.165) is 31.8 Å². The first-order chi connectivity index (χ1) is 9.88. The number of carboxylic acid groups (broad SMARTS) is 1. The third-order valence-electron chi connectivity index (χ3n) is 5.71. The summed E-state index contributed by atoms with van der Waals surface area (Å²) < 4.78 is 0. The second kappa shape index (κ2) is 7.13. The lowest BCUT2D eigenvalue weighted by Gasteiger charge is -2.39. The molecule has 1 N–H and O–H groups in total. The Bertz CT molecular complexity index is 340. The highest BCUT2D eigenvalue weighted by Crippen LogP contribution is 2.40. The van der Waals surface area contributed by atoms with Gasteiger partial charge in [-0.1, -0.05) is 33.6 Å². The van der Waals surface area contributed by atoms with Crippen molar-refractivity contribution in [3.63, 3.8) is 0 Å². The van der Waals surface area contributed by atoms with Crippen molar-refractivity contribution in [3.05, 3.63) is 0 Å². The van der Waals surface area contributed by atoms with Gasteiger partial charge in [0, 0.05) is 6.54 Å². The molecule has 0 amide bonds. The topological polar surface area (TPSA) is 40.5 Å². The van der Waals surface area contributed by atoms with Crippen molar-refractivity contribution < 1.29 is 9.90 Å². The number of hydrogen-bond acceptors (Lipinski definition) is 2. The second-order valence-corrected chi connectivity index (χ2v) is 8.28. The molecule has 122 valence electrons. The quantitative estimate of drug-likeness (QED) is 0.849. The lowest BCUT2D eigenvalue weighted by molar-refractivity contribution is -0.143. The minimum absolute atomic E-state index is 0.229. The van der Waals surface area contributed by atoms with Crippen molar-refractivity contribution in [2.45, 2.75) is 78.2 Å². The SMILES string of the molecule is CC(C)(C)C1CCC(CN2CCCCCC2C(=O)O)CC1. The molecule has 1 heterocycles. The molecule has 0 aromatic rings. The van der Waals surface area contributed by atoms with E-state index < -0.39 is 5.97 Å². The normalized spacial score (nSPS) is 32.6. The molecule has 0 radical (unpaired) electrons. The van der Waals surface area contributed by atoms with Gasteiger partial charge in [-0.05, 0) is 62.3 Å². The molecule has 0 spiro atoms. The van der Waals surface area contributed by atoms with Gasteiger partial charge in [-0.2, -0.15) is 0 Å². The van der Waals surface area contributed by atoms with E-state index in [-0.39, 0.29) is 6.04 Å². The maximum atomic E-state index is 11.5. The van der Waals surface area contributed by atoms with E-state index in [4.69, 9.17) is 0 Å². The summed E-state index contributed by atoms with van der Waals surface area (Å²) in [6.07, 6.45) is 9.48. The van der Waals surface area contributed by atoms with Gasteiger partial charge >= 0.3 is 5.97 Å². The second-order valence-electron chi connectivity index (χ2n) is 8.28. The fraction of sp³-hybridized carbons (Fsp3) is 0.944. The third-order valence-corrected chi connectivity index (χ3v) is 5.71. The highest BCUT2D eigenvalue weighted by Gasteiger charge is 2.33. The lowest BCUT2D eigenvalue weighted by Crippen LogP contribution is -2.44. The lowest BCUT2D eigenvalue weighted by atomic mass is 9.70. The molecule has 0 aromatic carbocycles. The number of likely N-dealkylation sites (tertiary alicyclic amines) is 1. The number of carboxylic acids is 1. The van der Waals surface area contributed by atoms with Gasteiger partial charge in [0.25, 0.3) is 0 Å². The van der Waals surface area contributed by atoms with E-state index in [1.165, 1.54) is 38.5 Å².